The van der Waals surface area contributed by atoms with Gasteiger partial charge in [-0.2, -0.15) is 5.10 Å². The highest BCUT2D eigenvalue weighted by Crippen LogP contribution is 2.34. The number of aromatic nitrogens is 3. The molecule has 2 aromatic heterocycles. The first-order valence-electron chi connectivity index (χ1n) is 11.0. The maximum atomic E-state index is 15.0. The van der Waals surface area contributed by atoms with Crippen molar-refractivity contribution in [1.82, 2.24) is 19.7 Å². The number of halogens is 1. The van der Waals surface area contributed by atoms with Crippen LogP contribution in [-0.4, -0.2) is 62.3 Å². The highest BCUT2D eigenvalue weighted by Gasteiger charge is 2.43. The maximum Gasteiger partial charge on any atom is 0.252 e. The Bertz CT molecular complexity index is 1350. The predicted octanol–water partition coefficient (Wildman–Crippen LogP) is 2.51. The van der Waals surface area contributed by atoms with Gasteiger partial charge in [-0.15, -0.1) is 0 Å². The summed E-state index contributed by atoms with van der Waals surface area (Å²) in [5.41, 5.74) is 8.04. The van der Waals surface area contributed by atoms with Gasteiger partial charge < -0.3 is 20.5 Å². The van der Waals surface area contributed by atoms with Gasteiger partial charge in [0.1, 0.15) is 23.5 Å². The fourth-order valence-electron chi connectivity index (χ4n) is 4.44. The fraction of sp³-hybridized carbons (Fsp3) is 0.292. The number of hydrogen-bond donors (Lipinski definition) is 3. The largest absolute Gasteiger partial charge is 0.382 e. The number of aryl methyl sites for hydroxylation is 1. The van der Waals surface area contributed by atoms with E-state index in [0.717, 1.165) is 11.9 Å². The number of aliphatic imine (C=N–C) groups is 1. The molecule has 3 heterocycles. The molecule has 0 atom stereocenters. The van der Waals surface area contributed by atoms with E-state index in [2.05, 4.69) is 15.1 Å². The molecule has 182 valence electrons. The van der Waals surface area contributed by atoms with Crippen molar-refractivity contribution in [3.8, 4) is 22.4 Å². The molecule has 0 radical (unpaired) electrons. The first kappa shape index (κ1) is 23.9. The van der Waals surface area contributed by atoms with E-state index in [-0.39, 0.29) is 23.2 Å². The minimum Gasteiger partial charge on any atom is -0.382 e. The van der Waals surface area contributed by atoms with Crippen LogP contribution < -0.4 is 10.6 Å². The monoisotopic (exact) mass is 478 g/mol. The first-order valence-corrected chi connectivity index (χ1v) is 11.0. The molecule has 0 bridgehead atoms. The number of amidine groups is 1. The van der Waals surface area contributed by atoms with E-state index in [4.69, 9.17) is 11.1 Å². The topological polar surface area (TPSA) is 136 Å². The number of carbonyl (C=O) groups is 2. The lowest BCUT2D eigenvalue weighted by Gasteiger charge is -2.45. The smallest absolute Gasteiger partial charge is 0.252 e. The minimum atomic E-state index is -1.02. The van der Waals surface area contributed by atoms with Gasteiger partial charge in [-0.25, -0.2) is 9.38 Å². The van der Waals surface area contributed by atoms with Crippen LogP contribution >= 0.6 is 0 Å². The molecule has 2 amide bonds. The number of H-pyrrole nitrogens is 1. The van der Waals surface area contributed by atoms with Gasteiger partial charge in [0.05, 0.1) is 11.9 Å². The number of nitrogens with two attached hydrogens (primary N) is 1. The number of carbonyl (C=O) groups excluding carboxylic acids is 2. The summed E-state index contributed by atoms with van der Waals surface area (Å²) in [5.74, 6) is -0.842. The second-order valence-electron chi connectivity index (χ2n) is 8.87. The second-order valence-corrected chi connectivity index (χ2v) is 8.87. The first-order chi connectivity index (χ1) is 16.5. The molecule has 0 saturated carbocycles. The van der Waals surface area contributed by atoms with Crippen molar-refractivity contribution in [1.29, 1.82) is 5.41 Å². The Morgan fingerprint density at radius 3 is 2.66 bits per heavy atom. The van der Waals surface area contributed by atoms with Gasteiger partial charge in [0.2, 0.25) is 5.91 Å². The second kappa shape index (κ2) is 8.82. The van der Waals surface area contributed by atoms with Gasteiger partial charge in [0, 0.05) is 61.3 Å². The van der Waals surface area contributed by atoms with Crippen molar-refractivity contribution < 1.29 is 14.0 Å². The highest BCUT2D eigenvalue weighted by molar-refractivity contribution is 6.06. The van der Waals surface area contributed by atoms with Crippen LogP contribution in [0.3, 0.4) is 0 Å². The van der Waals surface area contributed by atoms with Gasteiger partial charge in [-0.1, -0.05) is 0 Å². The summed E-state index contributed by atoms with van der Waals surface area (Å²) in [6.45, 7) is 5.52. The van der Waals surface area contributed by atoms with Crippen molar-refractivity contribution in [3.05, 3.63) is 48.2 Å². The van der Waals surface area contributed by atoms with E-state index in [1.54, 1.807) is 66.0 Å². The zero-order chi connectivity index (χ0) is 25.5. The van der Waals surface area contributed by atoms with E-state index in [9.17, 15) is 9.59 Å². The molecular weight excluding hydrogens is 451 g/mol. The molecule has 11 heteroatoms. The molecular formula is C24H27FN8O2. The van der Waals surface area contributed by atoms with Crippen LogP contribution in [0.2, 0.25) is 0 Å². The Balaban J connectivity index is 1.78. The van der Waals surface area contributed by atoms with Crippen LogP contribution in [-0.2, 0) is 16.6 Å². The molecule has 10 nitrogen and oxygen atoms in total. The number of rotatable bonds is 5. The molecule has 0 spiro atoms. The van der Waals surface area contributed by atoms with Crippen molar-refractivity contribution in [2.45, 2.75) is 26.3 Å². The molecule has 1 aliphatic heterocycles. The van der Waals surface area contributed by atoms with Crippen LogP contribution in [0.4, 0.5) is 10.1 Å². The summed E-state index contributed by atoms with van der Waals surface area (Å²) in [7, 11) is 1.78. The molecule has 1 fully saturated rings. The summed E-state index contributed by atoms with van der Waals surface area (Å²) in [5, 5.41) is 11.4. The van der Waals surface area contributed by atoms with Crippen LogP contribution in [0.15, 0.2) is 41.7 Å². The van der Waals surface area contributed by atoms with Crippen LogP contribution in [0, 0.1) is 11.2 Å². The Kier molecular flexibility index (Phi) is 6.01. The molecule has 4 N–H and O–H groups in total. The number of nitrogens with zero attached hydrogens (tertiary/aromatic N) is 5. The molecule has 3 aromatic rings. The van der Waals surface area contributed by atoms with Crippen molar-refractivity contribution >= 4 is 29.7 Å². The van der Waals surface area contributed by atoms with Gasteiger partial charge >= 0.3 is 0 Å². The lowest BCUT2D eigenvalue weighted by molar-refractivity contribution is -0.145. The quantitative estimate of drug-likeness (QED) is 0.383. The summed E-state index contributed by atoms with van der Waals surface area (Å²) >= 11 is 0. The summed E-state index contributed by atoms with van der Waals surface area (Å²) in [6, 6.07) is 6.19. The number of benzene rings is 1. The van der Waals surface area contributed by atoms with Gasteiger partial charge in [0.25, 0.3) is 5.91 Å². The highest BCUT2D eigenvalue weighted by atomic mass is 19.1. The minimum absolute atomic E-state index is 0.0685. The number of amides is 2. The Morgan fingerprint density at radius 2 is 2.03 bits per heavy atom. The maximum absolute atomic E-state index is 15.0. The lowest BCUT2D eigenvalue weighted by atomic mass is 9.96. The molecule has 0 aliphatic carbocycles. The van der Waals surface area contributed by atoms with Crippen LogP contribution in [0.25, 0.3) is 22.4 Å². The molecule has 1 aliphatic rings. The van der Waals surface area contributed by atoms with Gasteiger partial charge in [-0.3, -0.25) is 19.7 Å². The summed E-state index contributed by atoms with van der Waals surface area (Å²) < 4.78 is 16.7. The average molecular weight is 479 g/mol. The number of aromatic amines is 1. The zero-order valence-electron chi connectivity index (χ0n) is 20.0. The van der Waals surface area contributed by atoms with E-state index in [0.29, 0.717) is 35.7 Å². The normalized spacial score (nSPS) is 16.0. The summed E-state index contributed by atoms with van der Waals surface area (Å²) in [4.78, 5) is 35.4. The van der Waals surface area contributed by atoms with E-state index in [1.165, 1.54) is 13.0 Å². The Labute approximate surface area is 201 Å². The Morgan fingerprint density at radius 1 is 1.29 bits per heavy atom. The molecule has 4 rings (SSSR count). The van der Waals surface area contributed by atoms with E-state index >= 15 is 4.39 Å². The standard InChI is InChI=1S/C24H27FN8O2/c1-14(34)33-8-7-32(23(35)24(33,2)3)16-5-6-19(25)18(9-16)20-10-17(15-11-29-31(4)12-15)21(30-20)22(27)28-13-26/h5-6,9-13,30H,7-8H2,1-4H3,(H3,26,27,28). The van der Waals surface area contributed by atoms with Crippen LogP contribution in [0.5, 0.6) is 0 Å². The lowest BCUT2D eigenvalue weighted by Crippen LogP contribution is -2.64. The average Bonchev–Trinajstić information content (AvgIpc) is 3.42. The van der Waals surface area contributed by atoms with E-state index < -0.39 is 11.4 Å². The number of piperazine rings is 1. The number of nitrogens with one attached hydrogen (secondary N) is 2. The third-order valence-corrected chi connectivity index (χ3v) is 6.22. The third-order valence-electron chi connectivity index (χ3n) is 6.22. The van der Waals surface area contributed by atoms with Crippen LogP contribution in [0.1, 0.15) is 26.5 Å². The molecule has 35 heavy (non-hydrogen) atoms. The SMILES string of the molecule is CC(=O)N1CCN(c2ccc(F)c(-c3cc(-c4cnn(C)c4)c(C(N)=NC=N)[nH]3)c2)C(=O)C1(C)C. The predicted molar refractivity (Wildman–Crippen MR) is 132 cm³/mol. The zero-order valence-corrected chi connectivity index (χ0v) is 20.0. The van der Waals surface area contributed by atoms with Crippen molar-refractivity contribution in [3.63, 3.8) is 0 Å². The Hall–Kier alpha value is -4.28. The number of hydrogen-bond acceptors (Lipinski definition) is 4. The molecule has 1 saturated heterocycles. The van der Waals surface area contributed by atoms with Crippen molar-refractivity contribution in [2.24, 2.45) is 17.8 Å². The van der Waals surface area contributed by atoms with Gasteiger partial charge in [-0.05, 0) is 38.1 Å². The number of anilines is 1. The molecule has 0 unspecified atom stereocenters. The van der Waals surface area contributed by atoms with E-state index in [1.807, 2.05) is 0 Å². The fourth-order valence-corrected chi connectivity index (χ4v) is 4.44. The van der Waals surface area contributed by atoms with Gasteiger partial charge in [0.15, 0.2) is 0 Å². The third kappa shape index (κ3) is 4.20. The molecule has 1 aromatic carbocycles. The van der Waals surface area contributed by atoms with Crippen molar-refractivity contribution in [2.75, 3.05) is 18.0 Å². The summed E-state index contributed by atoms with van der Waals surface area (Å²) in [6.07, 6.45) is 4.27.